The SMILES string of the molecule is C[C@@H]1[C@@H](C)C1(Cl)[S@@](=O)c1ccccc1. The topological polar surface area (TPSA) is 17.1 Å². The van der Waals surface area contributed by atoms with E-state index in [1.807, 2.05) is 30.3 Å². The van der Waals surface area contributed by atoms with Gasteiger partial charge in [-0.2, -0.15) is 0 Å². The first-order chi connectivity index (χ1) is 6.58. The van der Waals surface area contributed by atoms with E-state index in [1.165, 1.54) is 0 Å². The maximum Gasteiger partial charge on any atom is 0.130 e. The van der Waals surface area contributed by atoms with Gasteiger partial charge in [-0.15, -0.1) is 11.6 Å². The Bertz CT molecular complexity index is 355. The third-order valence-corrected chi connectivity index (χ3v) is 6.25. The second-order valence-corrected chi connectivity index (χ2v) is 6.39. The first kappa shape index (κ1) is 10.2. The second kappa shape index (κ2) is 3.35. The second-order valence-electron chi connectivity index (χ2n) is 3.86. The highest BCUT2D eigenvalue weighted by Gasteiger charge is 2.63. The van der Waals surface area contributed by atoms with Gasteiger partial charge in [0.2, 0.25) is 0 Å². The average molecular weight is 229 g/mol. The number of benzene rings is 1. The molecular weight excluding hydrogens is 216 g/mol. The van der Waals surface area contributed by atoms with E-state index >= 15 is 0 Å². The summed E-state index contributed by atoms with van der Waals surface area (Å²) in [6.45, 7) is 4.11. The van der Waals surface area contributed by atoms with Gasteiger partial charge in [-0.25, -0.2) is 0 Å². The summed E-state index contributed by atoms with van der Waals surface area (Å²) in [5.74, 6) is 0.676. The van der Waals surface area contributed by atoms with E-state index in [9.17, 15) is 4.21 Å². The summed E-state index contributed by atoms with van der Waals surface area (Å²) < 4.78 is 11.6. The molecule has 0 heterocycles. The predicted molar refractivity (Wildman–Crippen MR) is 59.8 cm³/mol. The van der Waals surface area contributed by atoms with Crippen molar-refractivity contribution in [2.75, 3.05) is 0 Å². The van der Waals surface area contributed by atoms with Gasteiger partial charge >= 0.3 is 0 Å². The molecule has 3 atom stereocenters. The third-order valence-electron chi connectivity index (χ3n) is 3.12. The lowest BCUT2D eigenvalue weighted by atomic mass is 10.4. The van der Waals surface area contributed by atoms with Gasteiger partial charge in [0.15, 0.2) is 0 Å². The molecular formula is C11H13ClOS. The maximum absolute atomic E-state index is 12.1. The molecule has 1 fully saturated rings. The molecule has 1 saturated carbocycles. The normalized spacial score (nSPS) is 37.9. The van der Waals surface area contributed by atoms with Crippen LogP contribution < -0.4 is 0 Å². The van der Waals surface area contributed by atoms with E-state index in [2.05, 4.69) is 13.8 Å². The van der Waals surface area contributed by atoms with Crippen LogP contribution in [-0.4, -0.2) is 8.42 Å². The number of halogens is 1. The maximum atomic E-state index is 12.1. The van der Waals surface area contributed by atoms with Crippen LogP contribution in [0.3, 0.4) is 0 Å². The lowest BCUT2D eigenvalue weighted by Crippen LogP contribution is -2.12. The van der Waals surface area contributed by atoms with E-state index in [0.29, 0.717) is 11.8 Å². The Hall–Kier alpha value is -0.340. The van der Waals surface area contributed by atoms with Crippen molar-refractivity contribution in [2.45, 2.75) is 22.9 Å². The average Bonchev–Trinajstić information content (AvgIpc) is 2.71. The fourth-order valence-electron chi connectivity index (χ4n) is 1.75. The van der Waals surface area contributed by atoms with Gasteiger partial charge < -0.3 is 0 Å². The van der Waals surface area contributed by atoms with Gasteiger partial charge in [0, 0.05) is 4.90 Å². The summed E-state index contributed by atoms with van der Waals surface area (Å²) in [6, 6.07) is 9.45. The summed E-state index contributed by atoms with van der Waals surface area (Å²) in [5.41, 5.74) is 0. The Balaban J connectivity index is 2.27. The minimum absolute atomic E-state index is 0.338. The molecule has 14 heavy (non-hydrogen) atoms. The van der Waals surface area contributed by atoms with Gasteiger partial charge in [-0.3, -0.25) is 4.21 Å². The number of rotatable bonds is 2. The van der Waals surface area contributed by atoms with Crippen molar-refractivity contribution < 1.29 is 4.21 Å². The Morgan fingerprint density at radius 1 is 1.21 bits per heavy atom. The van der Waals surface area contributed by atoms with Crippen molar-refractivity contribution >= 4 is 22.4 Å². The highest BCUT2D eigenvalue weighted by Crippen LogP contribution is 2.58. The molecule has 0 N–H and O–H groups in total. The zero-order valence-corrected chi connectivity index (χ0v) is 9.81. The fraction of sp³-hybridized carbons (Fsp3) is 0.455. The molecule has 0 radical (unpaired) electrons. The quantitative estimate of drug-likeness (QED) is 0.712. The van der Waals surface area contributed by atoms with Crippen molar-refractivity contribution in [3.05, 3.63) is 30.3 Å². The molecule has 1 aliphatic rings. The Morgan fingerprint density at radius 3 is 2.14 bits per heavy atom. The summed E-state index contributed by atoms with van der Waals surface area (Å²) in [5, 5.41) is 0. The lowest BCUT2D eigenvalue weighted by Gasteiger charge is -2.08. The number of hydrogen-bond donors (Lipinski definition) is 0. The molecule has 0 amide bonds. The largest absolute Gasteiger partial charge is 0.252 e. The van der Waals surface area contributed by atoms with Crippen LogP contribution in [0.25, 0.3) is 0 Å². The van der Waals surface area contributed by atoms with E-state index < -0.39 is 15.0 Å². The van der Waals surface area contributed by atoms with Crippen LogP contribution in [0, 0.1) is 11.8 Å². The Kier molecular flexibility index (Phi) is 2.44. The summed E-state index contributed by atoms with van der Waals surface area (Å²) in [4.78, 5) is 0.832. The molecule has 1 aromatic carbocycles. The summed E-state index contributed by atoms with van der Waals surface area (Å²) in [6.07, 6.45) is 0. The molecule has 76 valence electrons. The fourth-order valence-corrected chi connectivity index (χ4v) is 4.11. The molecule has 0 bridgehead atoms. The third kappa shape index (κ3) is 1.32. The van der Waals surface area contributed by atoms with Crippen molar-refractivity contribution in [2.24, 2.45) is 11.8 Å². The van der Waals surface area contributed by atoms with Crippen LogP contribution in [0.15, 0.2) is 35.2 Å². The number of alkyl halides is 1. The van der Waals surface area contributed by atoms with Crippen LogP contribution in [0.4, 0.5) is 0 Å². The van der Waals surface area contributed by atoms with E-state index in [-0.39, 0.29) is 0 Å². The highest BCUT2D eigenvalue weighted by atomic mass is 35.5. The van der Waals surface area contributed by atoms with E-state index in [4.69, 9.17) is 11.6 Å². The van der Waals surface area contributed by atoms with Crippen molar-refractivity contribution in [1.29, 1.82) is 0 Å². The molecule has 0 aliphatic heterocycles. The Labute approximate surface area is 91.9 Å². The molecule has 0 saturated heterocycles. The van der Waals surface area contributed by atoms with Crippen LogP contribution in [0.5, 0.6) is 0 Å². The zero-order valence-electron chi connectivity index (χ0n) is 8.24. The van der Waals surface area contributed by atoms with Crippen molar-refractivity contribution in [3.63, 3.8) is 0 Å². The van der Waals surface area contributed by atoms with E-state index in [1.54, 1.807) is 0 Å². The molecule has 2 rings (SSSR count). The molecule has 3 heteroatoms. The van der Waals surface area contributed by atoms with Gasteiger partial charge in [-0.05, 0) is 24.0 Å². The zero-order chi connectivity index (χ0) is 10.3. The van der Waals surface area contributed by atoms with Crippen LogP contribution in [0.2, 0.25) is 0 Å². The molecule has 0 unspecified atom stereocenters. The van der Waals surface area contributed by atoms with Gasteiger partial charge in [0.25, 0.3) is 0 Å². The smallest absolute Gasteiger partial charge is 0.130 e. The van der Waals surface area contributed by atoms with Crippen molar-refractivity contribution in [1.82, 2.24) is 0 Å². The molecule has 1 aliphatic carbocycles. The Morgan fingerprint density at radius 2 is 1.71 bits per heavy atom. The molecule has 1 aromatic rings. The molecule has 0 aromatic heterocycles. The van der Waals surface area contributed by atoms with Crippen LogP contribution >= 0.6 is 11.6 Å². The predicted octanol–water partition coefficient (Wildman–Crippen LogP) is 3.02. The summed E-state index contributed by atoms with van der Waals surface area (Å²) >= 11 is 6.33. The van der Waals surface area contributed by atoms with Gasteiger partial charge in [0.1, 0.15) is 4.21 Å². The molecule has 0 spiro atoms. The molecule has 1 nitrogen and oxygen atoms in total. The minimum Gasteiger partial charge on any atom is -0.252 e. The van der Waals surface area contributed by atoms with Crippen LogP contribution in [0.1, 0.15) is 13.8 Å². The monoisotopic (exact) mass is 228 g/mol. The van der Waals surface area contributed by atoms with Gasteiger partial charge in [0.05, 0.1) is 10.8 Å². The van der Waals surface area contributed by atoms with Gasteiger partial charge in [-0.1, -0.05) is 32.0 Å². The first-order valence-electron chi connectivity index (χ1n) is 4.74. The van der Waals surface area contributed by atoms with Crippen LogP contribution in [-0.2, 0) is 10.8 Å². The summed E-state index contributed by atoms with van der Waals surface area (Å²) in [7, 11) is -1.08. The van der Waals surface area contributed by atoms with Crippen molar-refractivity contribution in [3.8, 4) is 0 Å². The highest BCUT2D eigenvalue weighted by molar-refractivity contribution is 7.88. The lowest BCUT2D eigenvalue weighted by molar-refractivity contribution is 0.677. The standard InChI is InChI=1S/C11H13ClOS/c1-8-9(2)11(8,12)14(13)10-6-4-3-5-7-10/h3-9H,1-2H3/t8-,9-,14+/m1/s1. The van der Waals surface area contributed by atoms with E-state index in [0.717, 1.165) is 4.90 Å². The minimum atomic E-state index is -1.08. The first-order valence-corrected chi connectivity index (χ1v) is 6.27. The number of hydrogen-bond acceptors (Lipinski definition) is 1.